The molecular weight excluding hydrogens is 464 g/mol. The van der Waals surface area contributed by atoms with Gasteiger partial charge in [-0.25, -0.2) is 4.79 Å². The number of carbonyl (C=O) groups excluding carboxylic acids is 2. The molecule has 1 N–H and O–H groups in total. The molecule has 6 nitrogen and oxygen atoms in total. The van der Waals surface area contributed by atoms with E-state index < -0.39 is 12.1 Å². The zero-order valence-corrected chi connectivity index (χ0v) is 21.5. The van der Waals surface area contributed by atoms with E-state index in [2.05, 4.69) is 18.5 Å². The van der Waals surface area contributed by atoms with Crippen LogP contribution in [0.5, 0.6) is 5.75 Å². The zero-order chi connectivity index (χ0) is 26.6. The Morgan fingerprint density at radius 2 is 1.70 bits per heavy atom. The van der Waals surface area contributed by atoms with Gasteiger partial charge in [-0.3, -0.25) is 4.79 Å². The summed E-state index contributed by atoms with van der Waals surface area (Å²) in [7, 11) is 1.62. The van der Waals surface area contributed by atoms with Gasteiger partial charge in [-0.05, 0) is 53.3 Å². The fourth-order valence-corrected chi connectivity index (χ4v) is 3.90. The molecule has 6 heteroatoms. The lowest BCUT2D eigenvalue weighted by Crippen LogP contribution is -2.48. The maximum absolute atomic E-state index is 13.8. The quantitative estimate of drug-likeness (QED) is 0.315. The van der Waals surface area contributed by atoms with E-state index in [9.17, 15) is 9.59 Å². The summed E-state index contributed by atoms with van der Waals surface area (Å²) in [5.74, 6) is 0.504. The van der Waals surface area contributed by atoms with Gasteiger partial charge in [-0.1, -0.05) is 79.4 Å². The fraction of sp³-hybridized carbons (Fsp3) is 0.226. The zero-order valence-electron chi connectivity index (χ0n) is 21.5. The SMILES string of the molecule is C=CC[C@@H](NC(=O)OCc1ccccc1)C(=O)N(CC(=C)c1ccccc1)Cc1ccc(OC)cc1C. The summed E-state index contributed by atoms with van der Waals surface area (Å²) < 4.78 is 10.7. The second kappa shape index (κ2) is 13.7. The highest BCUT2D eigenvalue weighted by molar-refractivity contribution is 5.87. The number of hydrogen-bond acceptors (Lipinski definition) is 4. The van der Waals surface area contributed by atoms with Crippen molar-refractivity contribution in [2.24, 2.45) is 0 Å². The largest absolute Gasteiger partial charge is 0.497 e. The molecule has 2 amide bonds. The molecule has 0 spiro atoms. The summed E-state index contributed by atoms with van der Waals surface area (Å²) in [6.07, 6.45) is 1.21. The van der Waals surface area contributed by atoms with Crippen LogP contribution in [0.1, 0.15) is 28.7 Å². The first kappa shape index (κ1) is 27.3. The number of nitrogens with zero attached hydrogens (tertiary/aromatic N) is 1. The minimum Gasteiger partial charge on any atom is -0.497 e. The highest BCUT2D eigenvalue weighted by Gasteiger charge is 2.27. The Kier molecular flexibility index (Phi) is 10.1. The average molecular weight is 499 g/mol. The van der Waals surface area contributed by atoms with E-state index >= 15 is 0 Å². The lowest BCUT2D eigenvalue weighted by Gasteiger charge is -2.29. The molecular formula is C31H34N2O4. The van der Waals surface area contributed by atoms with Crippen molar-refractivity contribution in [3.63, 3.8) is 0 Å². The molecule has 1 atom stereocenters. The summed E-state index contributed by atoms with van der Waals surface area (Å²) in [5, 5.41) is 2.73. The Morgan fingerprint density at radius 1 is 1.03 bits per heavy atom. The highest BCUT2D eigenvalue weighted by atomic mass is 16.5. The molecule has 0 saturated carbocycles. The van der Waals surface area contributed by atoms with Gasteiger partial charge < -0.3 is 19.7 Å². The molecule has 3 aromatic carbocycles. The van der Waals surface area contributed by atoms with Crippen LogP contribution in [-0.4, -0.2) is 36.6 Å². The van der Waals surface area contributed by atoms with Gasteiger partial charge in [0.15, 0.2) is 0 Å². The van der Waals surface area contributed by atoms with Crippen LogP contribution in [0.3, 0.4) is 0 Å². The normalized spacial score (nSPS) is 11.2. The molecule has 192 valence electrons. The predicted octanol–water partition coefficient (Wildman–Crippen LogP) is 5.92. The maximum Gasteiger partial charge on any atom is 0.408 e. The van der Waals surface area contributed by atoms with Crippen LogP contribution in [0.4, 0.5) is 4.79 Å². The smallest absolute Gasteiger partial charge is 0.408 e. The number of nitrogens with one attached hydrogen (secondary N) is 1. The molecule has 0 aliphatic carbocycles. The molecule has 0 bridgehead atoms. The number of amides is 2. The Balaban J connectivity index is 1.79. The molecule has 0 saturated heterocycles. The Morgan fingerprint density at radius 3 is 2.32 bits per heavy atom. The molecule has 3 rings (SSSR count). The third-order valence-corrected chi connectivity index (χ3v) is 5.99. The second-order valence-electron chi connectivity index (χ2n) is 8.74. The van der Waals surface area contributed by atoms with E-state index in [-0.39, 0.29) is 18.9 Å². The Hall–Kier alpha value is -4.32. The van der Waals surface area contributed by atoms with E-state index in [1.54, 1.807) is 18.1 Å². The van der Waals surface area contributed by atoms with Crippen molar-refractivity contribution in [3.8, 4) is 5.75 Å². The molecule has 0 unspecified atom stereocenters. The third-order valence-electron chi connectivity index (χ3n) is 5.99. The Labute approximate surface area is 219 Å². The van der Waals surface area contributed by atoms with E-state index in [0.29, 0.717) is 13.1 Å². The van der Waals surface area contributed by atoms with Crippen LogP contribution in [0.15, 0.2) is 98.1 Å². The number of ether oxygens (including phenoxy) is 2. The van der Waals surface area contributed by atoms with E-state index in [1.807, 2.05) is 85.8 Å². The minimum atomic E-state index is -0.831. The molecule has 3 aromatic rings. The number of aryl methyl sites for hydroxylation is 1. The number of benzene rings is 3. The van der Waals surface area contributed by atoms with Gasteiger partial charge >= 0.3 is 6.09 Å². The number of alkyl carbamates (subject to hydrolysis) is 1. The van der Waals surface area contributed by atoms with E-state index in [4.69, 9.17) is 9.47 Å². The molecule has 0 heterocycles. The summed E-state index contributed by atoms with van der Waals surface area (Å²) >= 11 is 0. The van der Waals surface area contributed by atoms with Crippen molar-refractivity contribution < 1.29 is 19.1 Å². The van der Waals surface area contributed by atoms with Gasteiger partial charge in [0.05, 0.1) is 7.11 Å². The number of rotatable bonds is 12. The summed E-state index contributed by atoms with van der Waals surface area (Å²) in [6, 6.07) is 24.0. The van der Waals surface area contributed by atoms with Gasteiger partial charge in [0, 0.05) is 13.1 Å². The van der Waals surface area contributed by atoms with Crippen LogP contribution in [0.25, 0.3) is 5.57 Å². The molecule has 0 aliphatic rings. The first-order valence-electron chi connectivity index (χ1n) is 12.1. The molecule has 37 heavy (non-hydrogen) atoms. The minimum absolute atomic E-state index is 0.112. The highest BCUT2D eigenvalue weighted by Crippen LogP contribution is 2.21. The number of carbonyl (C=O) groups is 2. The van der Waals surface area contributed by atoms with Gasteiger partial charge in [-0.15, -0.1) is 6.58 Å². The average Bonchev–Trinajstić information content (AvgIpc) is 2.92. The van der Waals surface area contributed by atoms with Crippen molar-refractivity contribution in [1.29, 1.82) is 0 Å². The van der Waals surface area contributed by atoms with Crippen molar-refractivity contribution in [2.75, 3.05) is 13.7 Å². The lowest BCUT2D eigenvalue weighted by atomic mass is 10.0. The van der Waals surface area contributed by atoms with Crippen LogP contribution >= 0.6 is 0 Å². The fourth-order valence-electron chi connectivity index (χ4n) is 3.90. The summed E-state index contributed by atoms with van der Waals surface area (Å²) in [4.78, 5) is 28.1. The maximum atomic E-state index is 13.8. The first-order chi connectivity index (χ1) is 17.9. The number of methoxy groups -OCH3 is 1. The summed E-state index contributed by atoms with van der Waals surface area (Å²) in [6.45, 7) is 10.7. The molecule has 0 aliphatic heterocycles. The van der Waals surface area contributed by atoms with E-state index in [1.165, 1.54) is 0 Å². The van der Waals surface area contributed by atoms with Crippen molar-refractivity contribution in [2.45, 2.75) is 32.5 Å². The first-order valence-corrected chi connectivity index (χ1v) is 12.1. The monoisotopic (exact) mass is 498 g/mol. The van der Waals surface area contributed by atoms with Crippen molar-refractivity contribution in [1.82, 2.24) is 10.2 Å². The third kappa shape index (κ3) is 8.10. The van der Waals surface area contributed by atoms with E-state index in [0.717, 1.165) is 33.6 Å². The van der Waals surface area contributed by atoms with Crippen molar-refractivity contribution >= 4 is 17.6 Å². The van der Waals surface area contributed by atoms with Crippen molar-refractivity contribution in [3.05, 3.63) is 120 Å². The standard InChI is InChI=1S/C31H34N2O4/c1-5-12-29(32-31(35)37-22-25-13-8-6-9-14-25)30(34)33(20-24(3)26-15-10-7-11-16-26)21-27-17-18-28(36-4)19-23(27)2/h5-11,13-19,29H,1,3,12,20-22H2,2,4H3,(H,32,35)/t29-/m1/s1. The van der Waals surface area contributed by atoms with Crippen LogP contribution < -0.4 is 10.1 Å². The predicted molar refractivity (Wildman–Crippen MR) is 147 cm³/mol. The molecule has 0 fully saturated rings. The van der Waals surface area contributed by atoms with Gasteiger partial charge in [-0.2, -0.15) is 0 Å². The Bertz CT molecular complexity index is 1210. The van der Waals surface area contributed by atoms with Gasteiger partial charge in [0.1, 0.15) is 18.4 Å². The van der Waals surface area contributed by atoms with Crippen LogP contribution in [0.2, 0.25) is 0 Å². The second-order valence-corrected chi connectivity index (χ2v) is 8.74. The van der Waals surface area contributed by atoms with Crippen LogP contribution in [0, 0.1) is 6.92 Å². The van der Waals surface area contributed by atoms with Gasteiger partial charge in [0.25, 0.3) is 0 Å². The van der Waals surface area contributed by atoms with Crippen LogP contribution in [-0.2, 0) is 22.7 Å². The topological polar surface area (TPSA) is 67.9 Å². The van der Waals surface area contributed by atoms with Gasteiger partial charge in [0.2, 0.25) is 5.91 Å². The number of hydrogen-bond donors (Lipinski definition) is 1. The lowest BCUT2D eigenvalue weighted by molar-refractivity contribution is -0.133. The molecule has 0 radical (unpaired) electrons. The summed E-state index contributed by atoms with van der Waals surface area (Å²) in [5.41, 5.74) is 4.57. The molecule has 0 aromatic heterocycles.